The van der Waals surface area contributed by atoms with Crippen LogP contribution in [0.25, 0.3) is 0 Å². The molecule has 1 heterocycles. The number of ether oxygens (including phenoxy) is 1. The number of furan rings is 1. The zero-order valence-corrected chi connectivity index (χ0v) is 9.09. The first-order chi connectivity index (χ1) is 7.81. The maximum absolute atomic E-state index is 10.1. The Bertz CT molecular complexity index is 434. The van der Waals surface area contributed by atoms with E-state index < -0.39 is 6.10 Å². The molecule has 0 saturated carbocycles. The fourth-order valence-electron chi connectivity index (χ4n) is 1.64. The van der Waals surface area contributed by atoms with Gasteiger partial charge in [-0.1, -0.05) is 24.3 Å². The summed E-state index contributed by atoms with van der Waals surface area (Å²) in [6.45, 7) is 0.548. The third kappa shape index (κ3) is 2.32. The first kappa shape index (κ1) is 10.9. The first-order valence-electron chi connectivity index (χ1n) is 5.09. The highest BCUT2D eigenvalue weighted by molar-refractivity contribution is 5.30. The van der Waals surface area contributed by atoms with Crippen molar-refractivity contribution in [1.29, 1.82) is 0 Å². The Morgan fingerprint density at radius 2 is 2.19 bits per heavy atom. The Balaban J connectivity index is 2.23. The Labute approximate surface area is 94.3 Å². The van der Waals surface area contributed by atoms with E-state index in [4.69, 9.17) is 9.15 Å². The van der Waals surface area contributed by atoms with Gasteiger partial charge >= 0.3 is 0 Å². The molecule has 1 aromatic heterocycles. The number of aliphatic hydroxyl groups is 1. The number of aliphatic hydroxyl groups excluding tert-OH is 1. The second kappa shape index (κ2) is 4.96. The average molecular weight is 218 g/mol. The monoisotopic (exact) mass is 218 g/mol. The van der Waals surface area contributed by atoms with Crippen LogP contribution in [0, 0.1) is 0 Å². The van der Waals surface area contributed by atoms with Crippen LogP contribution in [0.4, 0.5) is 0 Å². The van der Waals surface area contributed by atoms with Crippen molar-refractivity contribution < 1.29 is 14.3 Å². The largest absolute Gasteiger partial charge is 0.472 e. The lowest BCUT2D eigenvalue weighted by molar-refractivity contribution is 0.184. The van der Waals surface area contributed by atoms with Gasteiger partial charge in [0.2, 0.25) is 0 Å². The van der Waals surface area contributed by atoms with Gasteiger partial charge in [-0.3, -0.25) is 0 Å². The van der Waals surface area contributed by atoms with Gasteiger partial charge in [0.1, 0.15) is 6.10 Å². The summed E-state index contributed by atoms with van der Waals surface area (Å²) in [5.41, 5.74) is 2.65. The van der Waals surface area contributed by atoms with Crippen molar-refractivity contribution in [2.45, 2.75) is 12.7 Å². The molecule has 16 heavy (non-hydrogen) atoms. The maximum Gasteiger partial charge on any atom is 0.107 e. The van der Waals surface area contributed by atoms with E-state index in [1.54, 1.807) is 25.7 Å². The van der Waals surface area contributed by atoms with Gasteiger partial charge in [0.15, 0.2) is 0 Å². The van der Waals surface area contributed by atoms with Gasteiger partial charge in [0, 0.05) is 12.7 Å². The van der Waals surface area contributed by atoms with Gasteiger partial charge in [-0.15, -0.1) is 0 Å². The normalized spacial score (nSPS) is 12.6. The zero-order valence-electron chi connectivity index (χ0n) is 9.09. The van der Waals surface area contributed by atoms with Crippen molar-refractivity contribution in [3.05, 3.63) is 59.5 Å². The second-order valence-electron chi connectivity index (χ2n) is 3.64. The minimum Gasteiger partial charge on any atom is -0.472 e. The molecule has 1 unspecified atom stereocenters. The molecule has 0 amide bonds. The van der Waals surface area contributed by atoms with Crippen molar-refractivity contribution in [3.8, 4) is 0 Å². The Hall–Kier alpha value is -1.58. The molecule has 2 rings (SSSR count). The van der Waals surface area contributed by atoms with Crippen molar-refractivity contribution >= 4 is 0 Å². The van der Waals surface area contributed by atoms with Crippen LogP contribution in [0.3, 0.4) is 0 Å². The highest BCUT2D eigenvalue weighted by atomic mass is 16.5. The highest BCUT2D eigenvalue weighted by Gasteiger charge is 2.11. The van der Waals surface area contributed by atoms with Crippen LogP contribution in [0.1, 0.15) is 22.8 Å². The predicted octanol–water partition coefficient (Wildman–Crippen LogP) is 2.51. The van der Waals surface area contributed by atoms with Crippen LogP contribution in [-0.2, 0) is 11.3 Å². The molecular formula is C13H14O3. The number of benzene rings is 1. The summed E-state index contributed by atoms with van der Waals surface area (Å²) in [6, 6.07) is 9.45. The Morgan fingerprint density at radius 1 is 1.31 bits per heavy atom. The molecule has 84 valence electrons. The van der Waals surface area contributed by atoms with Gasteiger partial charge in [0.05, 0.1) is 19.1 Å². The van der Waals surface area contributed by atoms with E-state index in [9.17, 15) is 5.11 Å². The van der Waals surface area contributed by atoms with Crippen LogP contribution in [0.5, 0.6) is 0 Å². The topological polar surface area (TPSA) is 42.6 Å². The van der Waals surface area contributed by atoms with E-state index in [1.807, 2.05) is 24.3 Å². The van der Waals surface area contributed by atoms with Gasteiger partial charge in [-0.05, 0) is 17.2 Å². The van der Waals surface area contributed by atoms with Crippen LogP contribution in [0.2, 0.25) is 0 Å². The molecule has 1 aromatic carbocycles. The van der Waals surface area contributed by atoms with Crippen LogP contribution in [0.15, 0.2) is 47.3 Å². The van der Waals surface area contributed by atoms with E-state index in [0.29, 0.717) is 6.61 Å². The molecule has 0 aliphatic heterocycles. The molecule has 0 spiro atoms. The standard InChI is InChI=1S/C13H14O3/c1-15-8-10-3-2-4-11(7-10)13(14)12-5-6-16-9-12/h2-7,9,13-14H,8H2,1H3. The minimum atomic E-state index is -0.643. The van der Waals surface area contributed by atoms with E-state index in [1.165, 1.54) is 0 Å². The number of hydrogen-bond acceptors (Lipinski definition) is 3. The lowest BCUT2D eigenvalue weighted by atomic mass is 10.0. The van der Waals surface area contributed by atoms with Gasteiger partial charge in [-0.25, -0.2) is 0 Å². The Morgan fingerprint density at radius 3 is 2.88 bits per heavy atom. The third-order valence-corrected chi connectivity index (χ3v) is 2.44. The summed E-state index contributed by atoms with van der Waals surface area (Å²) in [5, 5.41) is 10.1. The molecule has 1 N–H and O–H groups in total. The van der Waals surface area contributed by atoms with E-state index in [-0.39, 0.29) is 0 Å². The number of methoxy groups -OCH3 is 1. The molecule has 0 fully saturated rings. The molecule has 3 nitrogen and oxygen atoms in total. The summed E-state index contributed by atoms with van der Waals surface area (Å²) >= 11 is 0. The summed E-state index contributed by atoms with van der Waals surface area (Å²) in [6.07, 6.45) is 2.46. The first-order valence-corrected chi connectivity index (χ1v) is 5.09. The molecular weight excluding hydrogens is 204 g/mol. The summed E-state index contributed by atoms with van der Waals surface area (Å²) < 4.78 is 10.0. The summed E-state index contributed by atoms with van der Waals surface area (Å²) in [7, 11) is 1.65. The number of rotatable bonds is 4. The molecule has 2 aromatic rings. The van der Waals surface area contributed by atoms with Gasteiger partial charge < -0.3 is 14.3 Å². The third-order valence-electron chi connectivity index (χ3n) is 2.44. The molecule has 0 aliphatic rings. The van der Waals surface area contributed by atoms with Crippen molar-refractivity contribution in [2.24, 2.45) is 0 Å². The van der Waals surface area contributed by atoms with E-state index >= 15 is 0 Å². The summed E-state index contributed by atoms with van der Waals surface area (Å²) in [5.74, 6) is 0. The average Bonchev–Trinajstić information content (AvgIpc) is 2.82. The SMILES string of the molecule is COCc1cccc(C(O)c2ccoc2)c1. The highest BCUT2D eigenvalue weighted by Crippen LogP contribution is 2.22. The minimum absolute atomic E-state index is 0.548. The van der Waals surface area contributed by atoms with Crippen molar-refractivity contribution in [1.82, 2.24) is 0 Å². The quantitative estimate of drug-likeness (QED) is 0.857. The second-order valence-corrected chi connectivity index (χ2v) is 3.64. The lowest BCUT2D eigenvalue weighted by Gasteiger charge is -2.10. The number of hydrogen-bond donors (Lipinski definition) is 1. The maximum atomic E-state index is 10.1. The molecule has 0 saturated heterocycles. The van der Waals surface area contributed by atoms with Crippen molar-refractivity contribution in [2.75, 3.05) is 7.11 Å². The van der Waals surface area contributed by atoms with E-state index in [2.05, 4.69) is 0 Å². The fraction of sp³-hybridized carbons (Fsp3) is 0.231. The van der Waals surface area contributed by atoms with Crippen LogP contribution in [-0.4, -0.2) is 12.2 Å². The molecule has 1 atom stereocenters. The van der Waals surface area contributed by atoms with E-state index in [0.717, 1.165) is 16.7 Å². The molecule has 3 heteroatoms. The molecule has 0 aliphatic carbocycles. The predicted molar refractivity (Wildman–Crippen MR) is 59.9 cm³/mol. The lowest BCUT2D eigenvalue weighted by Crippen LogP contribution is -1.99. The molecule has 0 bridgehead atoms. The van der Waals surface area contributed by atoms with Gasteiger partial charge in [-0.2, -0.15) is 0 Å². The Kier molecular flexibility index (Phi) is 3.39. The molecule has 0 radical (unpaired) electrons. The fourth-order valence-corrected chi connectivity index (χ4v) is 1.64. The zero-order chi connectivity index (χ0) is 11.4. The van der Waals surface area contributed by atoms with Gasteiger partial charge in [0.25, 0.3) is 0 Å². The summed E-state index contributed by atoms with van der Waals surface area (Å²) in [4.78, 5) is 0. The smallest absolute Gasteiger partial charge is 0.107 e. The van der Waals surface area contributed by atoms with Crippen LogP contribution >= 0.6 is 0 Å². The van der Waals surface area contributed by atoms with Crippen LogP contribution < -0.4 is 0 Å². The van der Waals surface area contributed by atoms with Crippen molar-refractivity contribution in [3.63, 3.8) is 0 Å².